The number of hydrogen-bond donors (Lipinski definition) is 1. The van der Waals surface area contributed by atoms with Gasteiger partial charge in [0.05, 0.1) is 18.2 Å². The average molecular weight is 443 g/mol. The van der Waals surface area contributed by atoms with Crippen LogP contribution in [0.1, 0.15) is 32.8 Å². The lowest BCUT2D eigenvalue weighted by molar-refractivity contribution is 0.127. The number of nitrogens with zero attached hydrogens (tertiary/aromatic N) is 3. The first-order chi connectivity index (χ1) is 15.3. The van der Waals surface area contributed by atoms with E-state index in [9.17, 15) is 13.6 Å². The Labute approximate surface area is 187 Å². The van der Waals surface area contributed by atoms with Crippen molar-refractivity contribution in [3.05, 3.63) is 53.6 Å². The van der Waals surface area contributed by atoms with E-state index >= 15 is 0 Å². The van der Waals surface area contributed by atoms with Crippen LogP contribution in [0.25, 0.3) is 22.3 Å². The Bertz CT molecular complexity index is 1140. The number of aryl methyl sites for hydroxylation is 1. The lowest BCUT2D eigenvalue weighted by Crippen LogP contribution is -2.59. The van der Waals surface area contributed by atoms with Crippen LogP contribution in [0.15, 0.2) is 42.5 Å². The van der Waals surface area contributed by atoms with Crippen LogP contribution in [0, 0.1) is 12.8 Å². The second-order valence-corrected chi connectivity index (χ2v) is 8.52. The molecular weight excluding hydrogens is 414 g/mol. The number of hydrogen-bond acceptors (Lipinski definition) is 5. The van der Waals surface area contributed by atoms with Crippen molar-refractivity contribution in [2.75, 3.05) is 24.6 Å². The molecule has 0 spiro atoms. The molecule has 0 saturated carbocycles. The van der Waals surface area contributed by atoms with E-state index in [2.05, 4.69) is 15.3 Å². The summed E-state index contributed by atoms with van der Waals surface area (Å²) in [4.78, 5) is 23.2. The summed E-state index contributed by atoms with van der Waals surface area (Å²) >= 11 is 0. The van der Waals surface area contributed by atoms with Gasteiger partial charge in [-0.25, -0.2) is 23.5 Å². The van der Waals surface area contributed by atoms with Gasteiger partial charge in [0.2, 0.25) is 0 Å². The van der Waals surface area contributed by atoms with Crippen molar-refractivity contribution in [1.29, 1.82) is 0 Å². The van der Waals surface area contributed by atoms with E-state index in [0.29, 0.717) is 36.6 Å². The predicted molar refractivity (Wildman–Crippen MR) is 122 cm³/mol. The third-order valence-electron chi connectivity index (χ3n) is 5.32. The number of anilines is 1. The van der Waals surface area contributed by atoms with Crippen molar-refractivity contribution < 1.29 is 19.7 Å². The van der Waals surface area contributed by atoms with Crippen LogP contribution in [0.3, 0.4) is 0 Å². The first-order valence-corrected chi connectivity index (χ1v) is 10.7. The smallest absolute Gasteiger partial charge is 0.407 e. The van der Waals surface area contributed by atoms with E-state index in [4.69, 9.17) is 4.74 Å². The second-order valence-electron chi connectivity index (χ2n) is 8.52. The van der Waals surface area contributed by atoms with Gasteiger partial charge in [0.25, 0.3) is 6.43 Å². The van der Waals surface area contributed by atoms with Gasteiger partial charge in [0.15, 0.2) is 5.82 Å². The average Bonchev–Trinajstić information content (AvgIpc) is 2.73. The molecule has 1 saturated heterocycles. The molecule has 1 amide bonds. The van der Waals surface area contributed by atoms with Crippen LogP contribution < -0.4 is 10.2 Å². The van der Waals surface area contributed by atoms with Crippen molar-refractivity contribution >= 4 is 22.8 Å². The Morgan fingerprint density at radius 2 is 1.97 bits per heavy atom. The highest BCUT2D eigenvalue weighted by Gasteiger charge is 2.31. The van der Waals surface area contributed by atoms with Crippen molar-refractivity contribution in [3.8, 4) is 11.4 Å². The summed E-state index contributed by atoms with van der Waals surface area (Å²) in [6.07, 6.45) is -3.06. The summed E-state index contributed by atoms with van der Waals surface area (Å²) in [6, 6.07) is 12.1. The van der Waals surface area contributed by atoms with Gasteiger partial charge in [0, 0.05) is 31.0 Å². The molecule has 1 fully saturated rings. The minimum absolute atomic E-state index is 0. The molecule has 0 aliphatic carbocycles. The van der Waals surface area contributed by atoms with Crippen molar-refractivity contribution in [1.82, 2.24) is 15.3 Å². The SMILES string of the molecule is Cc1ccc2c(N3CC(NC(=O)OCC(C)C)C3)nc(-c3ccccc3C(F)F)nc2c1.[HH]. The Morgan fingerprint density at radius 3 is 2.69 bits per heavy atom. The van der Waals surface area contributed by atoms with Crippen LogP contribution in [-0.4, -0.2) is 41.8 Å². The molecule has 0 atom stereocenters. The number of ether oxygens (including phenoxy) is 1. The minimum atomic E-state index is -2.62. The van der Waals surface area contributed by atoms with E-state index in [-0.39, 0.29) is 24.8 Å². The molecule has 170 valence electrons. The number of fused-ring (bicyclic) bond motifs is 1. The molecule has 6 nitrogen and oxygen atoms in total. The van der Waals surface area contributed by atoms with Crippen LogP contribution >= 0.6 is 0 Å². The number of halogens is 2. The van der Waals surface area contributed by atoms with Gasteiger partial charge in [-0.2, -0.15) is 0 Å². The molecule has 4 rings (SSSR count). The van der Waals surface area contributed by atoms with E-state index in [1.807, 2.05) is 43.9 Å². The summed E-state index contributed by atoms with van der Waals surface area (Å²) in [5, 5.41) is 3.70. The van der Waals surface area contributed by atoms with Crippen molar-refractivity contribution in [2.45, 2.75) is 33.2 Å². The maximum Gasteiger partial charge on any atom is 0.407 e. The molecule has 0 bridgehead atoms. The fraction of sp³-hybridized carbons (Fsp3) is 0.375. The van der Waals surface area contributed by atoms with Gasteiger partial charge >= 0.3 is 6.09 Å². The van der Waals surface area contributed by atoms with Crippen molar-refractivity contribution in [3.63, 3.8) is 0 Å². The maximum absolute atomic E-state index is 13.6. The highest BCUT2D eigenvalue weighted by Crippen LogP contribution is 2.34. The predicted octanol–water partition coefficient (Wildman–Crippen LogP) is 5.36. The third-order valence-corrected chi connectivity index (χ3v) is 5.32. The lowest BCUT2D eigenvalue weighted by Gasteiger charge is -2.40. The molecule has 1 aromatic heterocycles. The molecule has 2 heterocycles. The number of benzene rings is 2. The zero-order valence-electron chi connectivity index (χ0n) is 18.3. The highest BCUT2D eigenvalue weighted by atomic mass is 19.3. The number of amides is 1. The third kappa shape index (κ3) is 4.64. The summed E-state index contributed by atoms with van der Waals surface area (Å²) in [5.74, 6) is 1.20. The Balaban J connectivity index is 0.00000306. The Hall–Kier alpha value is -3.29. The Kier molecular flexibility index (Phi) is 6.21. The lowest BCUT2D eigenvalue weighted by atomic mass is 10.0. The number of carbonyl (C=O) groups is 1. The van der Waals surface area contributed by atoms with Crippen LogP contribution in [-0.2, 0) is 4.74 Å². The molecule has 3 aromatic rings. The van der Waals surface area contributed by atoms with Crippen LogP contribution in [0.5, 0.6) is 0 Å². The number of alkyl halides is 2. The van der Waals surface area contributed by atoms with E-state index in [1.54, 1.807) is 18.2 Å². The first-order valence-electron chi connectivity index (χ1n) is 10.7. The maximum atomic E-state index is 13.6. The normalized spacial score (nSPS) is 14.2. The summed E-state index contributed by atoms with van der Waals surface area (Å²) in [6.45, 7) is 7.37. The van der Waals surface area contributed by atoms with Gasteiger partial charge < -0.3 is 15.0 Å². The molecular formula is C24H28F2N4O2. The fourth-order valence-electron chi connectivity index (χ4n) is 3.67. The summed E-state index contributed by atoms with van der Waals surface area (Å²) in [7, 11) is 0. The monoisotopic (exact) mass is 442 g/mol. The zero-order valence-corrected chi connectivity index (χ0v) is 18.3. The minimum Gasteiger partial charge on any atom is -0.449 e. The Morgan fingerprint density at radius 1 is 1.22 bits per heavy atom. The molecule has 1 N–H and O–H groups in total. The number of nitrogens with one attached hydrogen (secondary N) is 1. The zero-order chi connectivity index (χ0) is 22.8. The first kappa shape index (κ1) is 21.9. The molecule has 1 aliphatic heterocycles. The van der Waals surface area contributed by atoms with Crippen LogP contribution in [0.2, 0.25) is 0 Å². The quantitative estimate of drug-likeness (QED) is 0.557. The summed E-state index contributed by atoms with van der Waals surface area (Å²) in [5.41, 5.74) is 1.94. The molecule has 32 heavy (non-hydrogen) atoms. The molecule has 0 unspecified atom stereocenters. The van der Waals surface area contributed by atoms with Gasteiger partial charge in [0.1, 0.15) is 5.82 Å². The number of alkyl carbamates (subject to hydrolysis) is 1. The highest BCUT2D eigenvalue weighted by molar-refractivity contribution is 5.92. The number of carbonyl (C=O) groups excluding carboxylic acids is 1. The topological polar surface area (TPSA) is 67.4 Å². The molecule has 2 aromatic carbocycles. The number of rotatable bonds is 6. The van der Waals surface area contributed by atoms with Crippen molar-refractivity contribution in [2.24, 2.45) is 5.92 Å². The van der Waals surface area contributed by atoms with Gasteiger partial charge in [-0.1, -0.05) is 44.2 Å². The second kappa shape index (κ2) is 9.06. The van der Waals surface area contributed by atoms with E-state index in [0.717, 1.165) is 10.9 Å². The van der Waals surface area contributed by atoms with Crippen LogP contribution in [0.4, 0.5) is 19.4 Å². The summed E-state index contributed by atoms with van der Waals surface area (Å²) < 4.78 is 32.4. The largest absolute Gasteiger partial charge is 0.449 e. The molecule has 0 radical (unpaired) electrons. The fourth-order valence-corrected chi connectivity index (χ4v) is 3.67. The number of aromatic nitrogens is 2. The molecule has 8 heteroatoms. The van der Waals surface area contributed by atoms with Gasteiger partial charge in [-0.3, -0.25) is 0 Å². The standard InChI is InChI=1S/C24H26F2N4O2.H2/c1-14(2)13-32-24(31)27-16-11-30(12-16)23-19-9-8-15(3)10-20(19)28-22(29-23)18-7-5-4-6-17(18)21(25)26;/h4-10,14,16,21H,11-13H2,1-3H3,(H,27,31);1H. The van der Waals surface area contributed by atoms with Gasteiger partial charge in [-0.15, -0.1) is 0 Å². The van der Waals surface area contributed by atoms with E-state index in [1.165, 1.54) is 6.07 Å². The van der Waals surface area contributed by atoms with Gasteiger partial charge in [-0.05, 0) is 30.5 Å². The van der Waals surface area contributed by atoms with E-state index < -0.39 is 12.5 Å². The molecule has 1 aliphatic rings.